The number of sulfonamides is 1. The first kappa shape index (κ1) is 15.4. The molecule has 1 aromatic rings. The predicted octanol–water partition coefficient (Wildman–Crippen LogP) is 1.49. The summed E-state index contributed by atoms with van der Waals surface area (Å²) in [5.41, 5.74) is 1.85. The van der Waals surface area contributed by atoms with Crippen LogP contribution in [0.25, 0.3) is 0 Å². The molecule has 1 aliphatic rings. The Balaban J connectivity index is 2.01. The van der Waals surface area contributed by atoms with Gasteiger partial charge in [0.1, 0.15) is 0 Å². The summed E-state index contributed by atoms with van der Waals surface area (Å²) in [6.45, 7) is 3.04. The molecule has 0 aromatic carbocycles. The summed E-state index contributed by atoms with van der Waals surface area (Å²) in [5.74, 6) is 0.209. The fourth-order valence-electron chi connectivity index (χ4n) is 2.82. The van der Waals surface area contributed by atoms with Crippen molar-refractivity contribution in [1.82, 2.24) is 9.29 Å². The van der Waals surface area contributed by atoms with E-state index in [0.29, 0.717) is 19.5 Å². The number of hydrogen-bond acceptors (Lipinski definition) is 4. The van der Waals surface area contributed by atoms with Crippen LogP contribution in [0.3, 0.4) is 0 Å². The topological polar surface area (TPSA) is 70.5 Å². The van der Waals surface area contributed by atoms with E-state index < -0.39 is 16.1 Å². The van der Waals surface area contributed by atoms with Gasteiger partial charge in [0.15, 0.2) is 0 Å². The van der Waals surface area contributed by atoms with E-state index in [-0.39, 0.29) is 5.92 Å². The van der Waals surface area contributed by atoms with Gasteiger partial charge in [-0.25, -0.2) is 12.7 Å². The van der Waals surface area contributed by atoms with Gasteiger partial charge in [0.05, 0.1) is 12.4 Å². The van der Waals surface area contributed by atoms with Crippen molar-refractivity contribution in [2.24, 2.45) is 5.92 Å². The first-order chi connectivity index (χ1) is 9.38. The first-order valence-corrected chi connectivity index (χ1v) is 8.76. The zero-order valence-electron chi connectivity index (χ0n) is 12.0. The third-order valence-corrected chi connectivity index (χ3v) is 5.20. The van der Waals surface area contributed by atoms with Crippen molar-refractivity contribution >= 4 is 10.0 Å². The van der Waals surface area contributed by atoms with Crippen LogP contribution in [0, 0.1) is 12.8 Å². The van der Waals surface area contributed by atoms with Crippen molar-refractivity contribution in [2.45, 2.75) is 32.3 Å². The number of aromatic nitrogens is 1. The molecule has 1 fully saturated rings. The quantitative estimate of drug-likeness (QED) is 0.914. The summed E-state index contributed by atoms with van der Waals surface area (Å²) < 4.78 is 24.7. The summed E-state index contributed by atoms with van der Waals surface area (Å²) in [5, 5.41) is 10.3. The number of aliphatic hydroxyl groups is 1. The van der Waals surface area contributed by atoms with Gasteiger partial charge in [-0.15, -0.1) is 0 Å². The zero-order valence-corrected chi connectivity index (χ0v) is 12.8. The number of aryl methyl sites for hydroxylation is 1. The molecule has 6 heteroatoms. The molecular formula is C14H22N2O3S. The van der Waals surface area contributed by atoms with Crippen LogP contribution in [-0.4, -0.2) is 42.2 Å². The lowest BCUT2D eigenvalue weighted by molar-refractivity contribution is 0.122. The van der Waals surface area contributed by atoms with E-state index in [1.165, 1.54) is 10.6 Å². The molecule has 1 aliphatic heterocycles. The Bertz CT molecular complexity index is 559. The SMILES string of the molecule is Cc1cnccc1C(O)CC1CCCN(S(C)(=O)=O)C1. The summed E-state index contributed by atoms with van der Waals surface area (Å²) in [6, 6.07) is 1.83. The third-order valence-electron chi connectivity index (χ3n) is 3.93. The fraction of sp³-hybridized carbons (Fsp3) is 0.643. The standard InChI is InChI=1S/C14H22N2O3S/c1-11-9-15-6-5-13(11)14(17)8-12-4-3-7-16(10-12)20(2,18)19/h5-6,9,12,14,17H,3-4,7-8,10H2,1-2H3. The first-order valence-electron chi connectivity index (χ1n) is 6.91. The lowest BCUT2D eigenvalue weighted by Gasteiger charge is -2.32. The van der Waals surface area contributed by atoms with Crippen molar-refractivity contribution in [3.63, 3.8) is 0 Å². The molecule has 0 bridgehead atoms. The Morgan fingerprint density at radius 2 is 2.30 bits per heavy atom. The predicted molar refractivity (Wildman–Crippen MR) is 77.7 cm³/mol. The second-order valence-corrected chi connectivity index (χ2v) is 7.60. The number of rotatable bonds is 4. The molecule has 0 radical (unpaired) electrons. The Morgan fingerprint density at radius 3 is 2.95 bits per heavy atom. The minimum Gasteiger partial charge on any atom is -0.388 e. The van der Waals surface area contributed by atoms with Crippen LogP contribution in [0.5, 0.6) is 0 Å². The molecule has 1 N–H and O–H groups in total. The minimum absolute atomic E-state index is 0.209. The molecule has 112 valence electrons. The maximum absolute atomic E-state index is 11.6. The lowest BCUT2D eigenvalue weighted by Crippen LogP contribution is -2.39. The van der Waals surface area contributed by atoms with Gasteiger partial charge in [-0.05, 0) is 49.3 Å². The van der Waals surface area contributed by atoms with Gasteiger partial charge in [0, 0.05) is 25.5 Å². The van der Waals surface area contributed by atoms with Gasteiger partial charge in [-0.1, -0.05) is 0 Å². The van der Waals surface area contributed by atoms with Crippen molar-refractivity contribution in [1.29, 1.82) is 0 Å². The molecule has 0 aliphatic carbocycles. The maximum Gasteiger partial charge on any atom is 0.211 e. The Labute approximate surface area is 120 Å². The molecule has 1 saturated heterocycles. The highest BCUT2D eigenvalue weighted by Gasteiger charge is 2.27. The van der Waals surface area contributed by atoms with Gasteiger partial charge in [0.2, 0.25) is 10.0 Å². The van der Waals surface area contributed by atoms with Crippen LogP contribution < -0.4 is 0 Å². The van der Waals surface area contributed by atoms with Gasteiger partial charge < -0.3 is 5.11 Å². The van der Waals surface area contributed by atoms with Crippen molar-refractivity contribution < 1.29 is 13.5 Å². The van der Waals surface area contributed by atoms with E-state index in [4.69, 9.17) is 0 Å². The van der Waals surface area contributed by atoms with Gasteiger partial charge in [-0.3, -0.25) is 4.98 Å². The largest absolute Gasteiger partial charge is 0.388 e. The van der Waals surface area contributed by atoms with E-state index in [1.807, 2.05) is 13.0 Å². The van der Waals surface area contributed by atoms with E-state index >= 15 is 0 Å². The van der Waals surface area contributed by atoms with E-state index in [9.17, 15) is 13.5 Å². The zero-order chi connectivity index (χ0) is 14.8. The monoisotopic (exact) mass is 298 g/mol. The van der Waals surface area contributed by atoms with Gasteiger partial charge in [-0.2, -0.15) is 0 Å². The fourth-order valence-corrected chi connectivity index (χ4v) is 3.76. The Kier molecular flexibility index (Phi) is 4.78. The van der Waals surface area contributed by atoms with Crippen LogP contribution >= 0.6 is 0 Å². The van der Waals surface area contributed by atoms with Crippen molar-refractivity contribution in [3.05, 3.63) is 29.6 Å². The Hall–Kier alpha value is -0.980. The highest BCUT2D eigenvalue weighted by Crippen LogP contribution is 2.29. The molecule has 2 rings (SSSR count). The highest BCUT2D eigenvalue weighted by molar-refractivity contribution is 7.88. The summed E-state index contributed by atoms with van der Waals surface area (Å²) in [4.78, 5) is 4.02. The number of nitrogens with zero attached hydrogens (tertiary/aromatic N) is 2. The second-order valence-electron chi connectivity index (χ2n) is 5.61. The number of aliphatic hydroxyl groups excluding tert-OH is 1. The maximum atomic E-state index is 11.6. The normalized spacial score (nSPS) is 22.6. The molecule has 0 saturated carbocycles. The molecule has 2 heterocycles. The van der Waals surface area contributed by atoms with Crippen molar-refractivity contribution in [3.8, 4) is 0 Å². The summed E-state index contributed by atoms with van der Waals surface area (Å²) in [6.07, 6.45) is 6.53. The Morgan fingerprint density at radius 1 is 1.55 bits per heavy atom. The minimum atomic E-state index is -3.13. The molecule has 1 aromatic heterocycles. The van der Waals surface area contributed by atoms with E-state index in [0.717, 1.165) is 24.0 Å². The number of piperidine rings is 1. The van der Waals surface area contributed by atoms with Crippen LogP contribution in [-0.2, 0) is 10.0 Å². The molecule has 2 atom stereocenters. The van der Waals surface area contributed by atoms with Gasteiger partial charge in [0.25, 0.3) is 0 Å². The molecule has 0 amide bonds. The number of hydrogen-bond donors (Lipinski definition) is 1. The third kappa shape index (κ3) is 3.77. The van der Waals surface area contributed by atoms with E-state index in [1.54, 1.807) is 12.4 Å². The number of pyridine rings is 1. The van der Waals surface area contributed by atoms with Crippen LogP contribution in [0.15, 0.2) is 18.5 Å². The second kappa shape index (κ2) is 6.20. The van der Waals surface area contributed by atoms with Crippen LogP contribution in [0.2, 0.25) is 0 Å². The average Bonchev–Trinajstić information content (AvgIpc) is 2.38. The highest BCUT2D eigenvalue weighted by atomic mass is 32.2. The van der Waals surface area contributed by atoms with Gasteiger partial charge >= 0.3 is 0 Å². The molecule has 20 heavy (non-hydrogen) atoms. The summed E-state index contributed by atoms with van der Waals surface area (Å²) >= 11 is 0. The molecule has 5 nitrogen and oxygen atoms in total. The lowest BCUT2D eigenvalue weighted by atomic mass is 9.90. The molecule has 0 spiro atoms. The smallest absolute Gasteiger partial charge is 0.211 e. The van der Waals surface area contributed by atoms with Crippen LogP contribution in [0.4, 0.5) is 0 Å². The average molecular weight is 298 g/mol. The molecule has 2 unspecified atom stereocenters. The summed E-state index contributed by atoms with van der Waals surface area (Å²) in [7, 11) is -3.13. The van der Waals surface area contributed by atoms with Crippen LogP contribution in [0.1, 0.15) is 36.5 Å². The van der Waals surface area contributed by atoms with Crippen molar-refractivity contribution in [2.75, 3.05) is 19.3 Å². The van der Waals surface area contributed by atoms with E-state index in [2.05, 4.69) is 4.98 Å². The molecular weight excluding hydrogens is 276 g/mol.